The first-order chi connectivity index (χ1) is 9.02. The lowest BCUT2D eigenvalue weighted by Crippen LogP contribution is -2.33. The molecule has 0 fully saturated rings. The third-order valence-corrected chi connectivity index (χ3v) is 3.30. The first-order valence-corrected chi connectivity index (χ1v) is 6.53. The normalized spacial score (nSPS) is 13.3. The van der Waals surface area contributed by atoms with Crippen molar-refractivity contribution in [1.29, 1.82) is 0 Å². The zero-order valence-electron chi connectivity index (χ0n) is 11.9. The van der Waals surface area contributed by atoms with Gasteiger partial charge < -0.3 is 15.1 Å². The molecule has 2 rings (SSSR count). The van der Waals surface area contributed by atoms with Crippen molar-refractivity contribution >= 4 is 11.1 Å². The van der Waals surface area contributed by atoms with E-state index in [1.54, 1.807) is 7.05 Å². The third kappa shape index (κ3) is 2.88. The summed E-state index contributed by atoms with van der Waals surface area (Å²) < 4.78 is 6.67. The van der Waals surface area contributed by atoms with E-state index in [0.29, 0.717) is 11.6 Å². The molecule has 0 aliphatic heterocycles. The molecule has 1 aromatic carbocycles. The number of rotatable bonds is 5. The molecule has 5 heteroatoms. The van der Waals surface area contributed by atoms with Gasteiger partial charge in [-0.2, -0.15) is 0 Å². The van der Waals surface area contributed by atoms with Crippen LogP contribution in [0.15, 0.2) is 27.4 Å². The Morgan fingerprint density at radius 2 is 2.11 bits per heavy atom. The number of aromatic nitrogens is 1. The molecule has 104 valence electrons. The predicted octanol–water partition coefficient (Wildman–Crippen LogP) is 1.39. The van der Waals surface area contributed by atoms with Crippen LogP contribution in [-0.2, 0) is 7.05 Å². The van der Waals surface area contributed by atoms with Crippen molar-refractivity contribution in [3.05, 3.63) is 34.3 Å². The lowest BCUT2D eigenvalue weighted by molar-refractivity contribution is 0.491. The van der Waals surface area contributed by atoms with Crippen molar-refractivity contribution in [2.24, 2.45) is 7.05 Å². The van der Waals surface area contributed by atoms with Gasteiger partial charge >= 0.3 is 5.76 Å². The van der Waals surface area contributed by atoms with E-state index in [1.807, 2.05) is 25.2 Å². The van der Waals surface area contributed by atoms with Gasteiger partial charge in [-0.05, 0) is 24.7 Å². The van der Waals surface area contributed by atoms with E-state index in [0.717, 1.165) is 17.6 Å². The van der Waals surface area contributed by atoms with E-state index in [9.17, 15) is 4.79 Å². The Labute approximate surface area is 112 Å². The van der Waals surface area contributed by atoms with Crippen LogP contribution in [0.4, 0.5) is 0 Å². The second kappa shape index (κ2) is 5.59. The van der Waals surface area contributed by atoms with Crippen molar-refractivity contribution in [1.82, 2.24) is 15.2 Å². The Morgan fingerprint density at radius 3 is 2.74 bits per heavy atom. The Kier molecular flexibility index (Phi) is 4.07. The first kappa shape index (κ1) is 13.8. The van der Waals surface area contributed by atoms with Crippen LogP contribution in [0.25, 0.3) is 11.1 Å². The molecular formula is C14H21N3O2. The van der Waals surface area contributed by atoms with E-state index in [1.165, 1.54) is 4.57 Å². The molecule has 0 saturated carbocycles. The molecule has 1 atom stereocenters. The standard InChI is InChI=1S/C14H21N3O2/c1-9(2)16-8-11(15-3)10-5-6-13-12(7-10)17(4)14(18)19-13/h5-7,9,11,15-16H,8H2,1-4H3. The van der Waals surface area contributed by atoms with Crippen molar-refractivity contribution in [3.8, 4) is 0 Å². The largest absolute Gasteiger partial charge is 0.419 e. The molecule has 19 heavy (non-hydrogen) atoms. The van der Waals surface area contributed by atoms with Gasteiger partial charge in [-0.1, -0.05) is 19.9 Å². The Bertz CT molecular complexity index is 613. The lowest BCUT2D eigenvalue weighted by atomic mass is 10.1. The number of hydrogen-bond donors (Lipinski definition) is 2. The summed E-state index contributed by atoms with van der Waals surface area (Å²) in [6, 6.07) is 6.50. The fourth-order valence-electron chi connectivity index (χ4n) is 2.10. The summed E-state index contributed by atoms with van der Waals surface area (Å²) in [5.74, 6) is -0.325. The van der Waals surface area contributed by atoms with E-state index >= 15 is 0 Å². The summed E-state index contributed by atoms with van der Waals surface area (Å²) in [6.45, 7) is 5.08. The molecule has 0 amide bonds. The number of hydrogen-bond acceptors (Lipinski definition) is 4. The highest BCUT2D eigenvalue weighted by Gasteiger charge is 2.13. The van der Waals surface area contributed by atoms with E-state index in [4.69, 9.17) is 4.42 Å². The maximum Gasteiger partial charge on any atom is 0.419 e. The molecule has 0 spiro atoms. The number of fused-ring (bicyclic) bond motifs is 1. The van der Waals surface area contributed by atoms with Crippen LogP contribution in [0.3, 0.4) is 0 Å². The number of likely N-dealkylation sites (N-methyl/N-ethyl adjacent to an activating group) is 1. The van der Waals surface area contributed by atoms with Crippen molar-refractivity contribution in [2.75, 3.05) is 13.6 Å². The molecule has 0 aliphatic carbocycles. The van der Waals surface area contributed by atoms with E-state index in [2.05, 4.69) is 24.5 Å². The van der Waals surface area contributed by atoms with Crippen LogP contribution >= 0.6 is 0 Å². The quantitative estimate of drug-likeness (QED) is 0.856. The molecule has 1 aromatic heterocycles. The van der Waals surface area contributed by atoms with Gasteiger partial charge in [-0.3, -0.25) is 4.57 Å². The third-order valence-electron chi connectivity index (χ3n) is 3.30. The smallest absolute Gasteiger partial charge is 0.408 e. The highest BCUT2D eigenvalue weighted by atomic mass is 16.4. The Hall–Kier alpha value is -1.59. The molecule has 5 nitrogen and oxygen atoms in total. The first-order valence-electron chi connectivity index (χ1n) is 6.53. The lowest BCUT2D eigenvalue weighted by Gasteiger charge is -2.19. The van der Waals surface area contributed by atoms with Gasteiger partial charge in [-0.15, -0.1) is 0 Å². The van der Waals surface area contributed by atoms with Crippen molar-refractivity contribution < 1.29 is 4.42 Å². The van der Waals surface area contributed by atoms with Crippen LogP contribution in [0.5, 0.6) is 0 Å². The number of benzene rings is 1. The second-order valence-electron chi connectivity index (χ2n) is 5.06. The minimum Gasteiger partial charge on any atom is -0.408 e. The van der Waals surface area contributed by atoms with Crippen molar-refractivity contribution in [3.63, 3.8) is 0 Å². The molecule has 1 unspecified atom stereocenters. The van der Waals surface area contributed by atoms with Crippen LogP contribution in [0, 0.1) is 0 Å². The van der Waals surface area contributed by atoms with Crippen LogP contribution in [-0.4, -0.2) is 24.2 Å². The number of nitrogens with one attached hydrogen (secondary N) is 2. The maximum absolute atomic E-state index is 11.5. The summed E-state index contributed by atoms with van der Waals surface area (Å²) in [7, 11) is 3.66. The molecule has 0 radical (unpaired) electrons. The van der Waals surface area contributed by atoms with Gasteiger partial charge in [0, 0.05) is 25.7 Å². The van der Waals surface area contributed by atoms with Crippen molar-refractivity contribution in [2.45, 2.75) is 25.9 Å². The van der Waals surface area contributed by atoms with Gasteiger partial charge in [0.1, 0.15) is 0 Å². The summed E-state index contributed by atoms with van der Waals surface area (Å²) in [5.41, 5.74) is 2.59. The Morgan fingerprint density at radius 1 is 1.37 bits per heavy atom. The van der Waals surface area contributed by atoms with E-state index in [-0.39, 0.29) is 11.8 Å². The molecule has 0 bridgehead atoms. The molecule has 2 aromatic rings. The average molecular weight is 263 g/mol. The number of aryl methyl sites for hydroxylation is 1. The summed E-state index contributed by atoms with van der Waals surface area (Å²) in [6.07, 6.45) is 0. The molecule has 2 N–H and O–H groups in total. The molecule has 0 saturated heterocycles. The summed E-state index contributed by atoms with van der Waals surface area (Å²) in [4.78, 5) is 11.5. The minimum atomic E-state index is -0.325. The van der Waals surface area contributed by atoms with Crippen LogP contribution in [0.1, 0.15) is 25.5 Å². The topological polar surface area (TPSA) is 59.2 Å². The van der Waals surface area contributed by atoms with Gasteiger partial charge in [0.25, 0.3) is 0 Å². The van der Waals surface area contributed by atoms with Gasteiger partial charge in [0.2, 0.25) is 0 Å². The van der Waals surface area contributed by atoms with Gasteiger partial charge in [-0.25, -0.2) is 4.79 Å². The molecule has 0 aliphatic rings. The summed E-state index contributed by atoms with van der Waals surface area (Å²) in [5, 5.41) is 6.69. The molecular weight excluding hydrogens is 242 g/mol. The maximum atomic E-state index is 11.5. The second-order valence-corrected chi connectivity index (χ2v) is 5.06. The predicted molar refractivity (Wildman–Crippen MR) is 76.4 cm³/mol. The monoisotopic (exact) mass is 263 g/mol. The highest BCUT2D eigenvalue weighted by molar-refractivity contribution is 5.73. The summed E-state index contributed by atoms with van der Waals surface area (Å²) >= 11 is 0. The number of oxazole rings is 1. The van der Waals surface area contributed by atoms with Crippen LogP contribution in [0.2, 0.25) is 0 Å². The number of nitrogens with zero attached hydrogens (tertiary/aromatic N) is 1. The average Bonchev–Trinajstić information content (AvgIpc) is 2.66. The minimum absolute atomic E-state index is 0.205. The Balaban J connectivity index is 2.32. The SMILES string of the molecule is CNC(CNC(C)C)c1ccc2oc(=O)n(C)c2c1. The van der Waals surface area contributed by atoms with Gasteiger partial charge in [0.15, 0.2) is 5.58 Å². The van der Waals surface area contributed by atoms with Gasteiger partial charge in [0.05, 0.1) is 5.52 Å². The highest BCUT2D eigenvalue weighted by Crippen LogP contribution is 2.19. The fraction of sp³-hybridized carbons (Fsp3) is 0.500. The fourth-order valence-corrected chi connectivity index (χ4v) is 2.10. The van der Waals surface area contributed by atoms with Crippen LogP contribution < -0.4 is 16.4 Å². The zero-order valence-corrected chi connectivity index (χ0v) is 11.9. The van der Waals surface area contributed by atoms with E-state index < -0.39 is 0 Å². The zero-order chi connectivity index (χ0) is 14.0. The molecule has 1 heterocycles.